The van der Waals surface area contributed by atoms with E-state index in [2.05, 4.69) is 25.5 Å². The molecule has 102 valence electrons. The second-order valence-corrected chi connectivity index (χ2v) is 3.94. The fourth-order valence-corrected chi connectivity index (χ4v) is 1.70. The highest BCUT2D eigenvalue weighted by Gasteiger charge is 2.12. The van der Waals surface area contributed by atoms with Crippen molar-refractivity contribution in [3.8, 4) is 11.6 Å². The number of anilines is 1. The molecule has 2 N–H and O–H groups in total. The molecule has 0 radical (unpaired) electrons. The van der Waals surface area contributed by atoms with E-state index >= 15 is 0 Å². The largest absolute Gasteiger partial charge is 0.438 e. The predicted molar refractivity (Wildman–Crippen MR) is 67.7 cm³/mol. The summed E-state index contributed by atoms with van der Waals surface area (Å²) in [5.41, 5.74) is 0.455. The number of hydrogen-bond donors (Lipinski definition) is 2. The number of ether oxygens (including phenoxy) is 1. The van der Waals surface area contributed by atoms with Crippen LogP contribution in [0.2, 0.25) is 0 Å². The lowest BCUT2D eigenvalue weighted by Gasteiger charge is -2.07. The van der Waals surface area contributed by atoms with Crippen LogP contribution in [0.1, 0.15) is 0 Å². The first-order valence-corrected chi connectivity index (χ1v) is 5.68. The molecule has 3 aromatic rings. The summed E-state index contributed by atoms with van der Waals surface area (Å²) in [5.74, 6) is -1.00. The molecule has 0 atom stereocenters. The molecule has 6 nitrogen and oxygen atoms in total. The summed E-state index contributed by atoms with van der Waals surface area (Å²) in [6.45, 7) is 0. The number of halogens is 2. The van der Waals surface area contributed by atoms with Gasteiger partial charge in [-0.3, -0.25) is 5.10 Å². The van der Waals surface area contributed by atoms with Gasteiger partial charge in [0.1, 0.15) is 22.8 Å². The van der Waals surface area contributed by atoms with Gasteiger partial charge in [0.05, 0.1) is 6.20 Å². The average Bonchev–Trinajstić information content (AvgIpc) is 2.85. The zero-order valence-electron chi connectivity index (χ0n) is 10.3. The lowest BCUT2D eigenvalue weighted by molar-refractivity contribution is 0.457. The normalized spacial score (nSPS) is 10.8. The zero-order chi connectivity index (χ0) is 14.1. The third-order valence-electron chi connectivity index (χ3n) is 2.55. The fourth-order valence-electron chi connectivity index (χ4n) is 1.70. The Morgan fingerprint density at radius 1 is 1.15 bits per heavy atom. The van der Waals surface area contributed by atoms with E-state index in [1.54, 1.807) is 7.05 Å². The molecule has 0 unspecified atom stereocenters. The van der Waals surface area contributed by atoms with Crippen LogP contribution in [0.4, 0.5) is 14.7 Å². The minimum Gasteiger partial charge on any atom is -0.438 e. The summed E-state index contributed by atoms with van der Waals surface area (Å²) in [6, 6.07) is 2.89. The van der Waals surface area contributed by atoms with E-state index in [0.29, 0.717) is 17.0 Å². The quantitative estimate of drug-likeness (QED) is 0.769. The molecule has 0 spiro atoms. The second kappa shape index (κ2) is 4.72. The van der Waals surface area contributed by atoms with E-state index in [1.807, 2.05) is 0 Å². The summed E-state index contributed by atoms with van der Waals surface area (Å²) < 4.78 is 31.7. The standard InChI is InChI=1S/C12H9F2N5O/c1-15-12-17-10-9(5-16-19-10)11(18-12)20-8-3-6(13)2-7(14)4-8/h2-5H,1H3,(H2,15,16,17,18,19). The number of fused-ring (bicyclic) bond motifs is 1. The molecule has 0 aliphatic rings. The van der Waals surface area contributed by atoms with Crippen LogP contribution in [0.3, 0.4) is 0 Å². The topological polar surface area (TPSA) is 75.7 Å². The first kappa shape index (κ1) is 12.3. The number of H-pyrrole nitrogens is 1. The highest BCUT2D eigenvalue weighted by Crippen LogP contribution is 2.28. The lowest BCUT2D eigenvalue weighted by Crippen LogP contribution is -1.99. The number of rotatable bonds is 3. The van der Waals surface area contributed by atoms with Gasteiger partial charge in [-0.05, 0) is 0 Å². The van der Waals surface area contributed by atoms with Crippen LogP contribution in [0.5, 0.6) is 11.6 Å². The van der Waals surface area contributed by atoms with Crippen LogP contribution in [0, 0.1) is 11.6 Å². The van der Waals surface area contributed by atoms with Gasteiger partial charge in [-0.2, -0.15) is 15.1 Å². The van der Waals surface area contributed by atoms with Gasteiger partial charge in [-0.15, -0.1) is 0 Å². The van der Waals surface area contributed by atoms with Crippen molar-refractivity contribution >= 4 is 17.0 Å². The summed E-state index contributed by atoms with van der Waals surface area (Å²) in [5, 5.41) is 9.77. The number of nitrogens with one attached hydrogen (secondary N) is 2. The van der Waals surface area contributed by atoms with Crippen molar-refractivity contribution in [1.82, 2.24) is 20.2 Å². The Hall–Kier alpha value is -2.77. The van der Waals surface area contributed by atoms with Gasteiger partial charge in [0.15, 0.2) is 5.65 Å². The van der Waals surface area contributed by atoms with Gasteiger partial charge in [0.25, 0.3) is 0 Å². The number of hydrogen-bond acceptors (Lipinski definition) is 5. The fraction of sp³-hybridized carbons (Fsp3) is 0.0833. The maximum atomic E-state index is 13.1. The summed E-state index contributed by atoms with van der Waals surface area (Å²) >= 11 is 0. The van der Waals surface area contributed by atoms with Gasteiger partial charge in [0, 0.05) is 25.2 Å². The SMILES string of the molecule is CNc1nc(Oc2cc(F)cc(F)c2)c2cn[nH]c2n1. The van der Waals surface area contributed by atoms with Crippen molar-refractivity contribution < 1.29 is 13.5 Å². The van der Waals surface area contributed by atoms with E-state index in [4.69, 9.17) is 4.74 Å². The molecule has 1 aromatic carbocycles. The molecule has 2 heterocycles. The first-order valence-electron chi connectivity index (χ1n) is 5.68. The smallest absolute Gasteiger partial charge is 0.235 e. The number of aromatic nitrogens is 4. The highest BCUT2D eigenvalue weighted by molar-refractivity contribution is 5.80. The van der Waals surface area contributed by atoms with Crippen molar-refractivity contribution in [3.63, 3.8) is 0 Å². The molecule has 2 aromatic heterocycles. The maximum absolute atomic E-state index is 13.1. The molecule has 0 saturated carbocycles. The Balaban J connectivity index is 2.07. The van der Waals surface area contributed by atoms with Crippen molar-refractivity contribution in [1.29, 1.82) is 0 Å². The number of nitrogens with zero attached hydrogens (tertiary/aromatic N) is 3. The molecule has 0 aliphatic carbocycles. The highest BCUT2D eigenvalue weighted by atomic mass is 19.1. The maximum Gasteiger partial charge on any atom is 0.235 e. The van der Waals surface area contributed by atoms with E-state index < -0.39 is 11.6 Å². The monoisotopic (exact) mass is 277 g/mol. The Bertz CT molecular complexity index is 753. The molecule has 0 aliphatic heterocycles. The zero-order valence-corrected chi connectivity index (χ0v) is 10.3. The van der Waals surface area contributed by atoms with Crippen LogP contribution in [0.25, 0.3) is 11.0 Å². The second-order valence-electron chi connectivity index (χ2n) is 3.94. The van der Waals surface area contributed by atoms with Gasteiger partial charge in [0.2, 0.25) is 11.8 Å². The molecule has 8 heteroatoms. The average molecular weight is 277 g/mol. The van der Waals surface area contributed by atoms with Gasteiger partial charge in [-0.1, -0.05) is 0 Å². The van der Waals surface area contributed by atoms with Crippen molar-refractivity contribution in [3.05, 3.63) is 36.0 Å². The van der Waals surface area contributed by atoms with E-state index in [9.17, 15) is 8.78 Å². The van der Waals surface area contributed by atoms with Crippen molar-refractivity contribution in [2.45, 2.75) is 0 Å². The number of benzene rings is 1. The van der Waals surface area contributed by atoms with Crippen molar-refractivity contribution in [2.75, 3.05) is 12.4 Å². The molecule has 0 fully saturated rings. The molecular formula is C12H9F2N5O. The van der Waals surface area contributed by atoms with Crippen LogP contribution < -0.4 is 10.1 Å². The predicted octanol–water partition coefficient (Wildman–Crippen LogP) is 2.47. The Kier molecular flexibility index (Phi) is 2.90. The number of aromatic amines is 1. The third kappa shape index (κ3) is 2.22. The molecule has 0 amide bonds. The van der Waals surface area contributed by atoms with E-state index in [-0.39, 0.29) is 11.6 Å². The van der Waals surface area contributed by atoms with Crippen LogP contribution in [0.15, 0.2) is 24.4 Å². The lowest BCUT2D eigenvalue weighted by atomic mass is 10.3. The van der Waals surface area contributed by atoms with Crippen LogP contribution in [-0.4, -0.2) is 27.2 Å². The minimum absolute atomic E-state index is 0.00533. The molecule has 3 rings (SSSR count). The van der Waals surface area contributed by atoms with Crippen LogP contribution >= 0.6 is 0 Å². The van der Waals surface area contributed by atoms with E-state index in [1.165, 1.54) is 6.20 Å². The summed E-state index contributed by atoms with van der Waals surface area (Å²) in [7, 11) is 1.64. The molecule has 20 heavy (non-hydrogen) atoms. The minimum atomic E-state index is -0.730. The van der Waals surface area contributed by atoms with Gasteiger partial charge < -0.3 is 10.1 Å². The van der Waals surface area contributed by atoms with Gasteiger partial charge >= 0.3 is 0 Å². The van der Waals surface area contributed by atoms with Gasteiger partial charge in [-0.25, -0.2) is 8.78 Å². The van der Waals surface area contributed by atoms with E-state index in [0.717, 1.165) is 18.2 Å². The summed E-state index contributed by atoms with van der Waals surface area (Å²) in [6.07, 6.45) is 1.47. The Morgan fingerprint density at radius 3 is 2.60 bits per heavy atom. The van der Waals surface area contributed by atoms with Crippen LogP contribution in [-0.2, 0) is 0 Å². The summed E-state index contributed by atoms with van der Waals surface area (Å²) in [4.78, 5) is 8.22. The molecular weight excluding hydrogens is 268 g/mol. The Morgan fingerprint density at radius 2 is 1.90 bits per heavy atom. The molecule has 0 saturated heterocycles. The first-order chi connectivity index (χ1) is 9.65. The van der Waals surface area contributed by atoms with Crippen molar-refractivity contribution in [2.24, 2.45) is 0 Å². The third-order valence-corrected chi connectivity index (χ3v) is 2.55. The Labute approximate surface area is 111 Å². The molecule has 0 bridgehead atoms.